The number of nitrogens with zero attached hydrogens (tertiary/aromatic N) is 7. The maximum Gasteiger partial charge on any atom is 0.229 e. The molecule has 12 heteroatoms. The Labute approximate surface area is 236 Å². The predicted octanol–water partition coefficient (Wildman–Crippen LogP) is 4.23. The summed E-state index contributed by atoms with van der Waals surface area (Å²) in [6.45, 7) is 12.0. The number of benzene rings is 1. The highest BCUT2D eigenvalue weighted by Crippen LogP contribution is 2.37. The molecule has 5 rings (SSSR count). The lowest BCUT2D eigenvalue weighted by Crippen LogP contribution is -2.44. The molecule has 1 aromatic carbocycles. The zero-order chi connectivity index (χ0) is 28.4. The van der Waals surface area contributed by atoms with Gasteiger partial charge in [-0.15, -0.1) is 0 Å². The van der Waals surface area contributed by atoms with Gasteiger partial charge in [0.25, 0.3) is 0 Å². The molecule has 0 atom stereocenters. The maximum atomic E-state index is 6.56. The van der Waals surface area contributed by atoms with Gasteiger partial charge in [0.1, 0.15) is 18.1 Å². The molecule has 3 N–H and O–H groups in total. The van der Waals surface area contributed by atoms with Gasteiger partial charge in [0, 0.05) is 77.3 Å². The van der Waals surface area contributed by atoms with E-state index >= 15 is 0 Å². The summed E-state index contributed by atoms with van der Waals surface area (Å²) in [5.41, 5.74) is 11.4. The zero-order valence-electron chi connectivity index (χ0n) is 24.4. The maximum absolute atomic E-state index is 6.56. The highest BCUT2D eigenvalue weighted by molar-refractivity contribution is 6.76. The van der Waals surface area contributed by atoms with Gasteiger partial charge in [-0.05, 0) is 25.2 Å². The van der Waals surface area contributed by atoms with Crippen LogP contribution >= 0.6 is 0 Å². The van der Waals surface area contributed by atoms with Crippen molar-refractivity contribution in [2.75, 3.05) is 62.9 Å². The minimum Gasteiger partial charge on any atom is -0.494 e. The molecule has 1 aliphatic heterocycles. The molecule has 11 nitrogen and oxygen atoms in total. The number of aryl methyl sites for hydroxylation is 1. The van der Waals surface area contributed by atoms with Crippen LogP contribution < -0.4 is 20.7 Å². The predicted molar refractivity (Wildman–Crippen MR) is 164 cm³/mol. The highest BCUT2D eigenvalue weighted by atomic mass is 28.3. The van der Waals surface area contributed by atoms with E-state index in [0.29, 0.717) is 29.8 Å². The SMILES string of the molecule is COc1cc(N2CCN(C)CC2)c(N)cc1Nc1nc(-c2cnn(C)c2)c2ccn(COCC[Si](C)(C)C)c2n1. The minimum absolute atomic E-state index is 0.424. The Balaban J connectivity index is 1.48. The lowest BCUT2D eigenvalue weighted by atomic mass is 10.1. The summed E-state index contributed by atoms with van der Waals surface area (Å²) in [5.74, 6) is 1.12. The van der Waals surface area contributed by atoms with Gasteiger partial charge >= 0.3 is 0 Å². The summed E-state index contributed by atoms with van der Waals surface area (Å²) in [6.07, 6.45) is 5.77. The Morgan fingerprint density at radius 2 is 1.85 bits per heavy atom. The Bertz CT molecular complexity index is 1470. The van der Waals surface area contributed by atoms with Crippen molar-refractivity contribution in [3.8, 4) is 17.0 Å². The molecule has 0 spiro atoms. The third-order valence-corrected chi connectivity index (χ3v) is 8.97. The summed E-state index contributed by atoms with van der Waals surface area (Å²) in [5, 5.41) is 8.69. The summed E-state index contributed by atoms with van der Waals surface area (Å²) < 4.78 is 15.6. The molecular formula is C28H41N9O2Si. The molecule has 1 saturated heterocycles. The zero-order valence-corrected chi connectivity index (χ0v) is 25.4. The van der Waals surface area contributed by atoms with Gasteiger partial charge in [0.15, 0.2) is 0 Å². The monoisotopic (exact) mass is 563 g/mol. The number of ether oxygens (including phenoxy) is 2. The van der Waals surface area contributed by atoms with Gasteiger partial charge in [-0.2, -0.15) is 10.1 Å². The number of piperazine rings is 1. The minimum atomic E-state index is -1.17. The van der Waals surface area contributed by atoms with Crippen LogP contribution in [0.3, 0.4) is 0 Å². The van der Waals surface area contributed by atoms with Crippen LogP contribution in [0.1, 0.15) is 0 Å². The lowest BCUT2D eigenvalue weighted by Gasteiger charge is -2.35. The molecule has 1 fully saturated rings. The van der Waals surface area contributed by atoms with Crippen molar-refractivity contribution in [1.29, 1.82) is 0 Å². The largest absolute Gasteiger partial charge is 0.494 e. The number of hydrogen-bond acceptors (Lipinski definition) is 9. The number of nitrogens with one attached hydrogen (secondary N) is 1. The van der Waals surface area contributed by atoms with Crippen molar-refractivity contribution in [2.24, 2.45) is 7.05 Å². The van der Waals surface area contributed by atoms with E-state index in [9.17, 15) is 0 Å². The van der Waals surface area contributed by atoms with E-state index in [2.05, 4.69) is 46.9 Å². The summed E-state index contributed by atoms with van der Waals surface area (Å²) in [6, 6.07) is 7.05. The number of rotatable bonds is 10. The highest BCUT2D eigenvalue weighted by Gasteiger charge is 2.21. The fourth-order valence-corrected chi connectivity index (χ4v) is 5.58. The van der Waals surface area contributed by atoms with E-state index in [4.69, 9.17) is 25.2 Å². The second kappa shape index (κ2) is 11.5. The van der Waals surface area contributed by atoms with Gasteiger partial charge in [0.2, 0.25) is 5.95 Å². The topological polar surface area (TPSA) is 112 Å². The van der Waals surface area contributed by atoms with Crippen LogP contribution in [-0.2, 0) is 18.5 Å². The number of aromatic nitrogens is 5. The van der Waals surface area contributed by atoms with E-state index < -0.39 is 8.07 Å². The number of nitrogens with two attached hydrogens (primary N) is 1. The Hall–Kier alpha value is -3.61. The van der Waals surface area contributed by atoms with Crippen molar-refractivity contribution < 1.29 is 9.47 Å². The molecule has 0 bridgehead atoms. The molecule has 3 aromatic heterocycles. The van der Waals surface area contributed by atoms with Gasteiger partial charge in [-0.1, -0.05) is 19.6 Å². The van der Waals surface area contributed by atoms with Crippen LogP contribution in [0.2, 0.25) is 25.7 Å². The van der Waals surface area contributed by atoms with Gasteiger partial charge < -0.3 is 34.9 Å². The Morgan fingerprint density at radius 1 is 1.07 bits per heavy atom. The first-order valence-corrected chi connectivity index (χ1v) is 17.4. The molecule has 0 aliphatic carbocycles. The van der Waals surface area contributed by atoms with Crippen molar-refractivity contribution in [1.82, 2.24) is 29.2 Å². The summed E-state index contributed by atoms with van der Waals surface area (Å²) in [7, 11) is 4.53. The Kier molecular flexibility index (Phi) is 8.01. The normalized spacial score (nSPS) is 14.7. The summed E-state index contributed by atoms with van der Waals surface area (Å²) in [4.78, 5) is 14.4. The van der Waals surface area contributed by atoms with E-state index in [0.717, 1.165) is 66.8 Å². The van der Waals surface area contributed by atoms with Crippen LogP contribution in [-0.4, -0.2) is 84.2 Å². The van der Waals surface area contributed by atoms with Crippen LogP contribution in [0, 0.1) is 0 Å². The molecule has 0 unspecified atom stereocenters. The van der Waals surface area contributed by atoms with Crippen LogP contribution in [0.4, 0.5) is 23.0 Å². The molecular weight excluding hydrogens is 522 g/mol. The Morgan fingerprint density at radius 3 is 2.52 bits per heavy atom. The third-order valence-electron chi connectivity index (χ3n) is 7.26. The molecule has 0 radical (unpaired) electrons. The van der Waals surface area contributed by atoms with E-state index in [-0.39, 0.29) is 0 Å². The third kappa shape index (κ3) is 6.24. The quantitative estimate of drug-likeness (QED) is 0.166. The lowest BCUT2D eigenvalue weighted by molar-refractivity contribution is 0.0899. The fraction of sp³-hybridized carbons (Fsp3) is 0.464. The number of methoxy groups -OCH3 is 1. The fourth-order valence-electron chi connectivity index (χ4n) is 4.82. The smallest absolute Gasteiger partial charge is 0.229 e. The first kappa shape index (κ1) is 27.9. The number of anilines is 4. The first-order chi connectivity index (χ1) is 19.1. The average molecular weight is 564 g/mol. The molecule has 0 saturated carbocycles. The number of likely N-dealkylation sites (N-methyl/N-ethyl adjacent to an activating group) is 1. The molecule has 4 heterocycles. The molecule has 214 valence electrons. The number of fused-ring (bicyclic) bond motifs is 1. The van der Waals surface area contributed by atoms with Crippen molar-refractivity contribution >= 4 is 42.1 Å². The van der Waals surface area contributed by atoms with Crippen LogP contribution in [0.15, 0.2) is 36.8 Å². The van der Waals surface area contributed by atoms with Crippen molar-refractivity contribution in [3.63, 3.8) is 0 Å². The van der Waals surface area contributed by atoms with Gasteiger partial charge in [-0.3, -0.25) is 4.68 Å². The van der Waals surface area contributed by atoms with Crippen molar-refractivity contribution in [2.45, 2.75) is 32.4 Å². The molecule has 0 amide bonds. The standard InChI is InChI=1S/C28H41N9O2Si/c1-34-9-11-36(12-10-34)24-16-25(38-3)23(15-22(24)29)31-28-32-26(20-17-30-35(2)18-20)21-7-8-37(27(21)33-28)19-39-13-14-40(4,5)6/h7-8,15-18H,9-14,19,29H2,1-6H3,(H,31,32,33). The van der Waals surface area contributed by atoms with Crippen LogP contribution in [0.5, 0.6) is 5.75 Å². The second-order valence-electron chi connectivity index (χ2n) is 11.7. The first-order valence-electron chi connectivity index (χ1n) is 13.7. The van der Waals surface area contributed by atoms with Crippen LogP contribution in [0.25, 0.3) is 22.3 Å². The average Bonchev–Trinajstić information content (AvgIpc) is 3.52. The van der Waals surface area contributed by atoms with Gasteiger partial charge in [0.05, 0.1) is 36.1 Å². The molecule has 4 aromatic rings. The second-order valence-corrected chi connectivity index (χ2v) is 17.3. The van der Waals surface area contributed by atoms with Crippen molar-refractivity contribution in [3.05, 3.63) is 36.8 Å². The van der Waals surface area contributed by atoms with E-state index in [1.165, 1.54) is 0 Å². The van der Waals surface area contributed by atoms with E-state index in [1.54, 1.807) is 11.8 Å². The summed E-state index contributed by atoms with van der Waals surface area (Å²) >= 11 is 0. The van der Waals surface area contributed by atoms with E-state index in [1.807, 2.05) is 48.4 Å². The number of nitrogen functional groups attached to an aromatic ring is 1. The molecule has 1 aliphatic rings. The number of hydrogen-bond donors (Lipinski definition) is 2. The van der Waals surface area contributed by atoms with Gasteiger partial charge in [-0.25, -0.2) is 4.98 Å². The molecule has 40 heavy (non-hydrogen) atoms.